The van der Waals surface area contributed by atoms with Crippen LogP contribution < -0.4 is 10.9 Å². The third kappa shape index (κ3) is 3.98. The summed E-state index contributed by atoms with van der Waals surface area (Å²) in [6.45, 7) is 1.57. The minimum absolute atomic E-state index is 0.226. The molecule has 0 bridgehead atoms. The lowest BCUT2D eigenvalue weighted by molar-refractivity contribution is -0.116. The van der Waals surface area contributed by atoms with Crippen LogP contribution in [0.25, 0.3) is 10.9 Å². The third-order valence-corrected chi connectivity index (χ3v) is 4.27. The average molecular weight is 386 g/mol. The number of fused-ring (bicyclic) bond motifs is 1. The van der Waals surface area contributed by atoms with Gasteiger partial charge in [0.1, 0.15) is 6.54 Å². The van der Waals surface area contributed by atoms with Gasteiger partial charge < -0.3 is 10.1 Å². The van der Waals surface area contributed by atoms with Crippen LogP contribution in [0.15, 0.2) is 47.5 Å². The number of anilines is 1. The first-order valence-corrected chi connectivity index (χ1v) is 8.40. The van der Waals surface area contributed by atoms with Crippen molar-refractivity contribution in [2.75, 3.05) is 12.4 Å². The van der Waals surface area contributed by atoms with Gasteiger partial charge in [-0.2, -0.15) is 0 Å². The van der Waals surface area contributed by atoms with E-state index >= 15 is 0 Å². The summed E-state index contributed by atoms with van der Waals surface area (Å²) in [6.07, 6.45) is 1.32. The maximum Gasteiger partial charge on any atom is 0.337 e. The molecule has 0 atom stereocenters. The Morgan fingerprint density at radius 1 is 1.22 bits per heavy atom. The first-order valence-electron chi connectivity index (χ1n) is 8.02. The molecule has 0 aliphatic carbocycles. The number of carbonyl (C=O) groups is 2. The van der Waals surface area contributed by atoms with Crippen LogP contribution in [-0.4, -0.2) is 28.5 Å². The molecule has 0 unspecified atom stereocenters. The van der Waals surface area contributed by atoms with E-state index in [2.05, 4.69) is 15.0 Å². The Kier molecular flexibility index (Phi) is 5.23. The van der Waals surface area contributed by atoms with E-state index in [1.165, 1.54) is 30.1 Å². The van der Waals surface area contributed by atoms with Gasteiger partial charge in [0.05, 0.1) is 29.9 Å². The second-order valence-corrected chi connectivity index (χ2v) is 6.34. The monoisotopic (exact) mass is 385 g/mol. The molecule has 7 nitrogen and oxygen atoms in total. The molecule has 0 spiro atoms. The van der Waals surface area contributed by atoms with Gasteiger partial charge in [0.15, 0.2) is 0 Å². The standard InChI is InChI=1S/C19H16ClN3O4/c1-11-3-4-12(19(26)27-2)7-16(11)22-17(24)9-23-10-21-15-6-5-13(20)8-14(15)18(23)25/h3-8,10H,9H2,1-2H3,(H,22,24). The van der Waals surface area contributed by atoms with Gasteiger partial charge in [-0.05, 0) is 42.8 Å². The van der Waals surface area contributed by atoms with Crippen LogP contribution in [-0.2, 0) is 16.1 Å². The lowest BCUT2D eigenvalue weighted by atomic mass is 10.1. The molecule has 1 heterocycles. The van der Waals surface area contributed by atoms with Crippen molar-refractivity contribution in [3.63, 3.8) is 0 Å². The Hall–Kier alpha value is -3.19. The number of carbonyl (C=O) groups excluding carboxylic acids is 2. The number of ether oxygens (including phenoxy) is 1. The lowest BCUT2D eigenvalue weighted by Gasteiger charge is -2.11. The Morgan fingerprint density at radius 2 is 2.00 bits per heavy atom. The number of rotatable bonds is 4. The number of nitrogens with zero attached hydrogens (tertiary/aromatic N) is 2. The van der Waals surface area contributed by atoms with E-state index in [1.807, 2.05) is 0 Å². The molecule has 8 heteroatoms. The summed E-state index contributed by atoms with van der Waals surface area (Å²) in [5.74, 6) is -0.928. The Labute approximate surface area is 159 Å². The zero-order chi connectivity index (χ0) is 19.6. The van der Waals surface area contributed by atoms with E-state index in [0.29, 0.717) is 27.2 Å². The number of hydrogen-bond donors (Lipinski definition) is 1. The molecule has 2 aromatic carbocycles. The van der Waals surface area contributed by atoms with Gasteiger partial charge in [0.2, 0.25) is 5.91 Å². The third-order valence-electron chi connectivity index (χ3n) is 4.03. The van der Waals surface area contributed by atoms with Crippen LogP contribution >= 0.6 is 11.6 Å². The maximum atomic E-state index is 12.5. The fourth-order valence-corrected chi connectivity index (χ4v) is 2.76. The van der Waals surface area contributed by atoms with Crippen LogP contribution in [0.3, 0.4) is 0 Å². The van der Waals surface area contributed by atoms with Gasteiger partial charge in [0, 0.05) is 10.7 Å². The molecule has 0 saturated carbocycles. The van der Waals surface area contributed by atoms with Crippen molar-refractivity contribution < 1.29 is 14.3 Å². The van der Waals surface area contributed by atoms with E-state index in [9.17, 15) is 14.4 Å². The number of esters is 1. The van der Waals surface area contributed by atoms with Gasteiger partial charge in [0.25, 0.3) is 5.56 Å². The lowest BCUT2D eigenvalue weighted by Crippen LogP contribution is -2.28. The Morgan fingerprint density at radius 3 is 2.74 bits per heavy atom. The van der Waals surface area contributed by atoms with Crippen LogP contribution in [0.4, 0.5) is 5.69 Å². The van der Waals surface area contributed by atoms with Crippen LogP contribution in [0, 0.1) is 6.92 Å². The molecule has 0 radical (unpaired) electrons. The quantitative estimate of drug-likeness (QED) is 0.697. The largest absolute Gasteiger partial charge is 0.465 e. The first kappa shape index (κ1) is 18.6. The van der Waals surface area contributed by atoms with E-state index < -0.39 is 11.9 Å². The molecule has 1 amide bonds. The molecular weight excluding hydrogens is 370 g/mol. The number of aryl methyl sites for hydroxylation is 1. The van der Waals surface area contributed by atoms with Gasteiger partial charge in [-0.3, -0.25) is 14.2 Å². The van der Waals surface area contributed by atoms with Crippen LogP contribution in [0.5, 0.6) is 0 Å². The van der Waals surface area contributed by atoms with Gasteiger partial charge >= 0.3 is 5.97 Å². The van der Waals surface area contributed by atoms with Crippen molar-refractivity contribution in [2.45, 2.75) is 13.5 Å². The minimum Gasteiger partial charge on any atom is -0.465 e. The zero-order valence-electron chi connectivity index (χ0n) is 14.7. The molecule has 3 aromatic rings. The molecule has 0 aliphatic heterocycles. The van der Waals surface area contributed by atoms with E-state index in [4.69, 9.17) is 11.6 Å². The van der Waals surface area contributed by atoms with Gasteiger partial charge in [-0.25, -0.2) is 9.78 Å². The van der Waals surface area contributed by atoms with E-state index in [0.717, 1.165) is 5.56 Å². The average Bonchev–Trinajstić information content (AvgIpc) is 2.65. The Balaban J connectivity index is 1.84. The summed E-state index contributed by atoms with van der Waals surface area (Å²) in [7, 11) is 1.28. The number of methoxy groups -OCH3 is 1. The number of nitrogens with one attached hydrogen (secondary N) is 1. The molecule has 0 saturated heterocycles. The second kappa shape index (κ2) is 7.59. The summed E-state index contributed by atoms with van der Waals surface area (Å²) in [5.41, 5.74) is 1.69. The van der Waals surface area contributed by atoms with Crippen molar-refractivity contribution in [1.29, 1.82) is 0 Å². The van der Waals surface area contributed by atoms with Crippen LogP contribution in [0.2, 0.25) is 5.02 Å². The molecule has 1 aromatic heterocycles. The van der Waals surface area contributed by atoms with Crippen molar-refractivity contribution in [3.8, 4) is 0 Å². The molecule has 27 heavy (non-hydrogen) atoms. The molecule has 3 rings (SSSR count). The number of aromatic nitrogens is 2. The van der Waals surface area contributed by atoms with Gasteiger partial charge in [-0.15, -0.1) is 0 Å². The summed E-state index contributed by atoms with van der Waals surface area (Å²) < 4.78 is 5.88. The first-order chi connectivity index (χ1) is 12.9. The minimum atomic E-state index is -0.502. The fourth-order valence-electron chi connectivity index (χ4n) is 2.59. The van der Waals surface area contributed by atoms with Crippen molar-refractivity contribution in [3.05, 3.63) is 69.2 Å². The number of benzene rings is 2. The summed E-state index contributed by atoms with van der Waals surface area (Å²) in [4.78, 5) is 40.8. The van der Waals surface area contributed by atoms with E-state index in [1.54, 1.807) is 31.2 Å². The van der Waals surface area contributed by atoms with Crippen molar-refractivity contribution in [1.82, 2.24) is 9.55 Å². The fraction of sp³-hybridized carbons (Fsp3) is 0.158. The molecule has 138 valence electrons. The highest BCUT2D eigenvalue weighted by Crippen LogP contribution is 2.18. The molecule has 1 N–H and O–H groups in total. The highest BCUT2D eigenvalue weighted by Gasteiger charge is 2.12. The topological polar surface area (TPSA) is 90.3 Å². The summed E-state index contributed by atoms with van der Waals surface area (Å²) >= 11 is 5.93. The second-order valence-electron chi connectivity index (χ2n) is 5.91. The van der Waals surface area contributed by atoms with Crippen LogP contribution in [0.1, 0.15) is 15.9 Å². The molecular formula is C19H16ClN3O4. The van der Waals surface area contributed by atoms with Crippen molar-refractivity contribution in [2.24, 2.45) is 0 Å². The molecule has 0 fully saturated rings. The maximum absolute atomic E-state index is 12.5. The predicted octanol–water partition coefficient (Wildman–Crippen LogP) is 2.78. The number of halogens is 1. The number of hydrogen-bond acceptors (Lipinski definition) is 5. The van der Waals surface area contributed by atoms with Gasteiger partial charge in [-0.1, -0.05) is 17.7 Å². The van der Waals surface area contributed by atoms with Crippen molar-refractivity contribution >= 4 is 40.1 Å². The normalized spacial score (nSPS) is 10.6. The smallest absolute Gasteiger partial charge is 0.337 e. The Bertz CT molecular complexity index is 1110. The zero-order valence-corrected chi connectivity index (χ0v) is 15.4. The highest BCUT2D eigenvalue weighted by atomic mass is 35.5. The summed E-state index contributed by atoms with van der Waals surface area (Å²) in [6, 6.07) is 9.65. The molecule has 0 aliphatic rings. The SMILES string of the molecule is COC(=O)c1ccc(C)c(NC(=O)Cn2cnc3ccc(Cl)cc3c2=O)c1. The summed E-state index contributed by atoms with van der Waals surface area (Å²) in [5, 5.41) is 3.45. The highest BCUT2D eigenvalue weighted by molar-refractivity contribution is 6.31. The number of amides is 1. The predicted molar refractivity (Wildman–Crippen MR) is 102 cm³/mol. The van der Waals surface area contributed by atoms with E-state index in [-0.39, 0.29) is 12.1 Å².